The van der Waals surface area contributed by atoms with Crippen molar-refractivity contribution in [2.24, 2.45) is 7.05 Å². The van der Waals surface area contributed by atoms with Crippen molar-refractivity contribution in [2.75, 3.05) is 5.32 Å². The molecule has 3 heterocycles. The molecule has 0 unspecified atom stereocenters. The van der Waals surface area contributed by atoms with Crippen molar-refractivity contribution in [1.29, 1.82) is 0 Å². The molecule has 0 aliphatic rings. The van der Waals surface area contributed by atoms with Crippen LogP contribution in [0.15, 0.2) is 63.8 Å². The Bertz CT molecular complexity index is 1550. The van der Waals surface area contributed by atoms with Crippen LogP contribution in [0, 0.1) is 12.7 Å². The Kier molecular flexibility index (Phi) is 4.44. The van der Waals surface area contributed by atoms with E-state index in [0.717, 1.165) is 21.2 Å². The highest BCUT2D eigenvalue weighted by molar-refractivity contribution is 7.20. The number of carbonyl (C=O) groups excluding carboxylic acids is 1. The van der Waals surface area contributed by atoms with Crippen LogP contribution in [0.4, 0.5) is 10.1 Å². The van der Waals surface area contributed by atoms with Crippen LogP contribution in [0.5, 0.6) is 0 Å². The molecule has 1 N–H and O–H groups in total. The van der Waals surface area contributed by atoms with Gasteiger partial charge in [-0.3, -0.25) is 9.48 Å². The van der Waals surface area contributed by atoms with Crippen LogP contribution in [-0.4, -0.2) is 15.7 Å². The second kappa shape index (κ2) is 7.17. The van der Waals surface area contributed by atoms with Gasteiger partial charge in [0.05, 0.1) is 4.88 Å². The van der Waals surface area contributed by atoms with E-state index in [1.54, 1.807) is 54.2 Å². The van der Waals surface area contributed by atoms with Gasteiger partial charge in [-0.25, -0.2) is 9.18 Å². The molecule has 3 aromatic heterocycles. The number of thiophene rings is 1. The van der Waals surface area contributed by atoms with Gasteiger partial charge in [-0.05, 0) is 48.9 Å². The van der Waals surface area contributed by atoms with Gasteiger partial charge in [0.1, 0.15) is 21.9 Å². The standard InChI is InChI=1S/C23H16FN3O3S/c1-12-9-20(28)30-18-8-7-13(10-15(12)18)25-22(29)19-11-16-21(26-27(2)23(16)31-19)14-5-3-4-6-17(14)24/h3-11H,1-2H3,(H,25,29). The molecule has 2 aromatic carbocycles. The van der Waals surface area contributed by atoms with Gasteiger partial charge in [0.25, 0.3) is 5.91 Å². The van der Waals surface area contributed by atoms with Gasteiger partial charge >= 0.3 is 5.63 Å². The molecule has 154 valence electrons. The van der Waals surface area contributed by atoms with E-state index in [-0.39, 0.29) is 11.7 Å². The third kappa shape index (κ3) is 3.30. The predicted molar refractivity (Wildman–Crippen MR) is 119 cm³/mol. The Morgan fingerprint density at radius 2 is 1.94 bits per heavy atom. The first-order valence-corrected chi connectivity index (χ1v) is 10.3. The molecule has 31 heavy (non-hydrogen) atoms. The van der Waals surface area contributed by atoms with E-state index in [2.05, 4.69) is 10.4 Å². The number of anilines is 1. The summed E-state index contributed by atoms with van der Waals surface area (Å²) in [6.07, 6.45) is 0. The summed E-state index contributed by atoms with van der Waals surface area (Å²) in [5, 5.41) is 8.79. The first-order valence-electron chi connectivity index (χ1n) is 9.48. The maximum atomic E-state index is 14.3. The van der Waals surface area contributed by atoms with Gasteiger partial charge in [0, 0.05) is 35.1 Å². The minimum atomic E-state index is -0.411. The first kappa shape index (κ1) is 19.2. The molecular formula is C23H16FN3O3S. The highest BCUT2D eigenvalue weighted by Crippen LogP contribution is 2.35. The molecule has 0 spiro atoms. The molecule has 6 nitrogen and oxygen atoms in total. The van der Waals surface area contributed by atoms with E-state index in [0.29, 0.717) is 27.4 Å². The maximum Gasteiger partial charge on any atom is 0.336 e. The van der Waals surface area contributed by atoms with Crippen LogP contribution in [0.2, 0.25) is 0 Å². The summed E-state index contributed by atoms with van der Waals surface area (Å²) in [5.74, 6) is -0.645. The number of fused-ring (bicyclic) bond motifs is 2. The Balaban J connectivity index is 1.51. The molecule has 0 radical (unpaired) electrons. The van der Waals surface area contributed by atoms with E-state index in [4.69, 9.17) is 4.42 Å². The van der Waals surface area contributed by atoms with Gasteiger partial charge in [-0.1, -0.05) is 12.1 Å². The number of amides is 1. The van der Waals surface area contributed by atoms with E-state index in [1.807, 2.05) is 6.92 Å². The zero-order valence-electron chi connectivity index (χ0n) is 16.6. The summed E-state index contributed by atoms with van der Waals surface area (Å²) in [6, 6.07) is 14.7. The lowest BCUT2D eigenvalue weighted by Crippen LogP contribution is -2.10. The van der Waals surface area contributed by atoms with Crippen LogP contribution in [0.3, 0.4) is 0 Å². The number of nitrogens with one attached hydrogen (secondary N) is 1. The molecule has 5 rings (SSSR count). The average molecular weight is 433 g/mol. The number of rotatable bonds is 3. The summed E-state index contributed by atoms with van der Waals surface area (Å²) in [4.78, 5) is 25.7. The monoisotopic (exact) mass is 433 g/mol. The second-order valence-electron chi connectivity index (χ2n) is 7.20. The third-order valence-electron chi connectivity index (χ3n) is 5.07. The van der Waals surface area contributed by atoms with E-state index >= 15 is 0 Å². The molecular weight excluding hydrogens is 417 g/mol. The minimum Gasteiger partial charge on any atom is -0.423 e. The lowest BCUT2D eigenvalue weighted by Gasteiger charge is -2.06. The van der Waals surface area contributed by atoms with Crippen molar-refractivity contribution in [3.05, 3.63) is 81.3 Å². The summed E-state index contributed by atoms with van der Waals surface area (Å²) >= 11 is 1.29. The SMILES string of the molecule is Cc1cc(=O)oc2ccc(NC(=O)c3cc4c(-c5ccccc5F)nn(C)c4s3)cc12. The number of benzene rings is 2. The Morgan fingerprint density at radius 3 is 2.74 bits per heavy atom. The number of hydrogen-bond acceptors (Lipinski definition) is 5. The average Bonchev–Trinajstić information content (AvgIpc) is 3.30. The lowest BCUT2D eigenvalue weighted by atomic mass is 10.1. The van der Waals surface area contributed by atoms with Gasteiger partial charge in [0.15, 0.2) is 0 Å². The van der Waals surface area contributed by atoms with Crippen molar-refractivity contribution >= 4 is 44.1 Å². The number of hydrogen-bond donors (Lipinski definition) is 1. The van der Waals surface area contributed by atoms with Crippen LogP contribution in [0.1, 0.15) is 15.2 Å². The van der Waals surface area contributed by atoms with E-state index in [1.165, 1.54) is 23.5 Å². The van der Waals surface area contributed by atoms with Crippen molar-refractivity contribution < 1.29 is 13.6 Å². The second-order valence-corrected chi connectivity index (χ2v) is 8.23. The molecule has 0 aliphatic heterocycles. The van der Waals surface area contributed by atoms with Crippen LogP contribution >= 0.6 is 11.3 Å². The Labute approximate surface area is 179 Å². The number of aromatic nitrogens is 2. The molecule has 0 saturated carbocycles. The maximum absolute atomic E-state index is 14.3. The quantitative estimate of drug-likeness (QED) is 0.401. The molecule has 0 aliphatic carbocycles. The van der Waals surface area contributed by atoms with Gasteiger partial charge in [-0.15, -0.1) is 11.3 Å². The Hall–Kier alpha value is -3.78. The normalized spacial score (nSPS) is 11.3. The fraction of sp³-hybridized carbons (Fsp3) is 0.0870. The molecule has 5 aromatic rings. The zero-order valence-corrected chi connectivity index (χ0v) is 17.4. The minimum absolute atomic E-state index is 0.282. The fourth-order valence-corrected chi connectivity index (χ4v) is 4.56. The number of nitrogens with zero attached hydrogens (tertiary/aromatic N) is 2. The van der Waals surface area contributed by atoms with Crippen molar-refractivity contribution in [3.8, 4) is 11.3 Å². The highest BCUT2D eigenvalue weighted by Gasteiger charge is 2.20. The van der Waals surface area contributed by atoms with Gasteiger partial charge < -0.3 is 9.73 Å². The number of halogens is 1. The van der Waals surface area contributed by atoms with Crippen LogP contribution < -0.4 is 10.9 Å². The van der Waals surface area contributed by atoms with Crippen molar-refractivity contribution in [3.63, 3.8) is 0 Å². The highest BCUT2D eigenvalue weighted by atomic mass is 32.1. The van der Waals surface area contributed by atoms with E-state index in [9.17, 15) is 14.0 Å². The summed E-state index contributed by atoms with van der Waals surface area (Å²) < 4.78 is 21.1. The summed E-state index contributed by atoms with van der Waals surface area (Å²) in [7, 11) is 1.77. The zero-order chi connectivity index (χ0) is 21.7. The largest absolute Gasteiger partial charge is 0.423 e. The molecule has 0 atom stereocenters. The third-order valence-corrected chi connectivity index (χ3v) is 6.27. The summed E-state index contributed by atoms with van der Waals surface area (Å²) in [6.45, 7) is 1.81. The lowest BCUT2D eigenvalue weighted by molar-refractivity contribution is 0.103. The topological polar surface area (TPSA) is 77.1 Å². The van der Waals surface area contributed by atoms with Gasteiger partial charge in [-0.2, -0.15) is 5.10 Å². The number of carbonyl (C=O) groups is 1. The predicted octanol–water partition coefficient (Wildman–Crippen LogP) is 5.11. The molecule has 0 saturated heterocycles. The van der Waals surface area contributed by atoms with Crippen molar-refractivity contribution in [2.45, 2.75) is 6.92 Å². The first-order chi connectivity index (χ1) is 14.9. The molecule has 1 amide bonds. The molecule has 0 bridgehead atoms. The molecule has 8 heteroatoms. The van der Waals surface area contributed by atoms with Crippen LogP contribution in [0.25, 0.3) is 32.4 Å². The van der Waals surface area contributed by atoms with Crippen molar-refractivity contribution in [1.82, 2.24) is 9.78 Å². The van der Waals surface area contributed by atoms with Gasteiger partial charge in [0.2, 0.25) is 0 Å². The fourth-order valence-electron chi connectivity index (χ4n) is 3.59. The number of aryl methyl sites for hydroxylation is 2. The smallest absolute Gasteiger partial charge is 0.336 e. The van der Waals surface area contributed by atoms with Crippen LogP contribution in [-0.2, 0) is 7.05 Å². The summed E-state index contributed by atoms with van der Waals surface area (Å²) in [5.41, 5.74) is 2.30. The molecule has 0 fully saturated rings. The Morgan fingerprint density at radius 1 is 1.13 bits per heavy atom. The van der Waals surface area contributed by atoms with E-state index < -0.39 is 5.63 Å².